The van der Waals surface area contributed by atoms with Crippen molar-refractivity contribution < 1.29 is 9.47 Å². The van der Waals surface area contributed by atoms with Gasteiger partial charge in [-0.05, 0) is 43.2 Å². The normalized spacial score (nSPS) is 17.1. The monoisotopic (exact) mass is 465 g/mol. The maximum absolute atomic E-state index is 5.62. The molecule has 0 aromatic heterocycles. The van der Waals surface area contributed by atoms with Crippen molar-refractivity contribution in [1.29, 1.82) is 0 Å². The first-order chi connectivity index (χ1) is 11.3. The Morgan fingerprint density at radius 2 is 2.17 bits per heavy atom. The number of thioether (sulfide) groups is 1. The summed E-state index contributed by atoms with van der Waals surface area (Å²) < 4.78 is 10.9. The Hall–Kier alpha value is -0.830. The van der Waals surface area contributed by atoms with Crippen molar-refractivity contribution in [3.63, 3.8) is 0 Å². The lowest BCUT2D eigenvalue weighted by molar-refractivity contribution is 0.310. The van der Waals surface area contributed by atoms with Crippen LogP contribution in [0.2, 0.25) is 0 Å². The van der Waals surface area contributed by atoms with E-state index in [0.29, 0.717) is 18.4 Å². The Balaban J connectivity index is 0.00000288. The molecule has 1 aromatic rings. The Kier molecular flexibility index (Phi) is 10.3. The van der Waals surface area contributed by atoms with Gasteiger partial charge in [-0.2, -0.15) is 11.8 Å². The molecule has 1 fully saturated rings. The minimum atomic E-state index is 0. The van der Waals surface area contributed by atoms with Crippen molar-refractivity contribution in [1.82, 2.24) is 10.6 Å². The lowest BCUT2D eigenvalue weighted by Gasteiger charge is -2.15. The van der Waals surface area contributed by atoms with Crippen molar-refractivity contribution in [2.45, 2.75) is 31.6 Å². The third-order valence-electron chi connectivity index (χ3n) is 3.73. The summed E-state index contributed by atoms with van der Waals surface area (Å²) in [5.74, 6) is 3.66. The standard InChI is InChI=1S/C17H27N3O2S.HI/c1-4-22-16-10-13(7-8-15(16)21-3)11-19-17(18-2)20-12-14-6-5-9-23-14;/h7-8,10,14H,4-6,9,11-12H2,1-3H3,(H2,18,19,20);1H. The van der Waals surface area contributed by atoms with Crippen LogP contribution in [0.4, 0.5) is 0 Å². The Morgan fingerprint density at radius 3 is 2.79 bits per heavy atom. The fourth-order valence-electron chi connectivity index (χ4n) is 2.52. The number of benzene rings is 1. The van der Waals surface area contributed by atoms with Crippen LogP contribution in [0.1, 0.15) is 25.3 Å². The van der Waals surface area contributed by atoms with Gasteiger partial charge >= 0.3 is 0 Å². The maximum Gasteiger partial charge on any atom is 0.191 e. The zero-order valence-electron chi connectivity index (χ0n) is 14.6. The Morgan fingerprint density at radius 1 is 1.33 bits per heavy atom. The summed E-state index contributed by atoms with van der Waals surface area (Å²) in [4.78, 5) is 4.29. The molecule has 24 heavy (non-hydrogen) atoms. The van der Waals surface area contributed by atoms with Gasteiger partial charge in [0.05, 0.1) is 13.7 Å². The van der Waals surface area contributed by atoms with Crippen LogP contribution in [0.3, 0.4) is 0 Å². The zero-order chi connectivity index (χ0) is 16.5. The topological polar surface area (TPSA) is 54.9 Å². The molecule has 0 aliphatic carbocycles. The molecule has 1 aliphatic rings. The van der Waals surface area contributed by atoms with Crippen LogP contribution in [-0.2, 0) is 6.54 Å². The molecule has 1 unspecified atom stereocenters. The van der Waals surface area contributed by atoms with Gasteiger partial charge in [0.1, 0.15) is 0 Å². The molecule has 1 aromatic carbocycles. The number of halogens is 1. The van der Waals surface area contributed by atoms with E-state index in [4.69, 9.17) is 9.47 Å². The van der Waals surface area contributed by atoms with Crippen molar-refractivity contribution in [3.05, 3.63) is 23.8 Å². The summed E-state index contributed by atoms with van der Waals surface area (Å²) in [6.07, 6.45) is 2.62. The summed E-state index contributed by atoms with van der Waals surface area (Å²) in [7, 11) is 3.46. The highest BCUT2D eigenvalue weighted by molar-refractivity contribution is 14.0. The molecular weight excluding hydrogens is 437 g/mol. The van der Waals surface area contributed by atoms with Crippen molar-refractivity contribution in [3.8, 4) is 11.5 Å². The molecule has 7 heteroatoms. The van der Waals surface area contributed by atoms with E-state index in [1.54, 1.807) is 14.2 Å². The van der Waals surface area contributed by atoms with Crippen molar-refractivity contribution in [2.75, 3.05) is 33.1 Å². The lowest BCUT2D eigenvalue weighted by atomic mass is 10.2. The Labute approximate surface area is 166 Å². The average molecular weight is 465 g/mol. The molecule has 0 bridgehead atoms. The molecule has 1 saturated heterocycles. The summed E-state index contributed by atoms with van der Waals surface area (Å²) in [6.45, 7) is 4.26. The number of aliphatic imine (C=N–C) groups is 1. The second-order valence-electron chi connectivity index (χ2n) is 5.36. The SMILES string of the molecule is CCOc1cc(CNC(=NC)NCC2CCCS2)ccc1OC.I. The third kappa shape index (κ3) is 6.58. The fourth-order valence-corrected chi connectivity index (χ4v) is 3.72. The predicted octanol–water partition coefficient (Wildman–Crippen LogP) is 3.27. The second kappa shape index (κ2) is 11.7. The number of rotatable bonds is 7. The van der Waals surface area contributed by atoms with Crippen LogP contribution in [0, 0.1) is 0 Å². The molecule has 2 rings (SSSR count). The highest BCUT2D eigenvalue weighted by atomic mass is 127. The number of hydrogen-bond donors (Lipinski definition) is 2. The van der Waals surface area contributed by atoms with Gasteiger partial charge in [-0.1, -0.05) is 6.07 Å². The van der Waals surface area contributed by atoms with Crippen LogP contribution in [0.15, 0.2) is 23.2 Å². The van der Waals surface area contributed by atoms with Gasteiger partial charge in [-0.3, -0.25) is 4.99 Å². The predicted molar refractivity (Wildman–Crippen MR) is 113 cm³/mol. The van der Waals surface area contributed by atoms with E-state index in [2.05, 4.69) is 15.6 Å². The first kappa shape index (κ1) is 21.2. The van der Waals surface area contributed by atoms with Gasteiger partial charge in [0.15, 0.2) is 17.5 Å². The number of ether oxygens (including phenoxy) is 2. The van der Waals surface area contributed by atoms with E-state index in [-0.39, 0.29) is 24.0 Å². The molecule has 0 spiro atoms. The highest BCUT2D eigenvalue weighted by Gasteiger charge is 2.15. The van der Waals surface area contributed by atoms with Gasteiger partial charge in [-0.25, -0.2) is 0 Å². The van der Waals surface area contributed by atoms with Crippen LogP contribution in [-0.4, -0.2) is 44.3 Å². The highest BCUT2D eigenvalue weighted by Crippen LogP contribution is 2.28. The van der Waals surface area contributed by atoms with E-state index in [9.17, 15) is 0 Å². The lowest BCUT2D eigenvalue weighted by Crippen LogP contribution is -2.39. The molecule has 1 aliphatic heterocycles. The van der Waals surface area contributed by atoms with Crippen molar-refractivity contribution in [2.24, 2.45) is 4.99 Å². The van der Waals surface area contributed by atoms with Crippen LogP contribution in [0.25, 0.3) is 0 Å². The first-order valence-corrected chi connectivity index (χ1v) is 9.17. The fraction of sp³-hybridized carbons (Fsp3) is 0.588. The minimum absolute atomic E-state index is 0. The molecule has 1 atom stereocenters. The minimum Gasteiger partial charge on any atom is -0.493 e. The second-order valence-corrected chi connectivity index (χ2v) is 6.77. The van der Waals surface area contributed by atoms with Crippen molar-refractivity contribution >= 4 is 41.7 Å². The van der Waals surface area contributed by atoms with Gasteiger partial charge in [0.2, 0.25) is 0 Å². The maximum atomic E-state index is 5.62. The molecule has 1 heterocycles. The van der Waals surface area contributed by atoms with E-state index < -0.39 is 0 Å². The summed E-state index contributed by atoms with van der Waals surface area (Å²) in [5, 5.41) is 7.46. The molecule has 5 nitrogen and oxygen atoms in total. The molecule has 0 saturated carbocycles. The van der Waals surface area contributed by atoms with Gasteiger partial charge in [0.25, 0.3) is 0 Å². The largest absolute Gasteiger partial charge is 0.493 e. The quantitative estimate of drug-likeness (QED) is 0.368. The third-order valence-corrected chi connectivity index (χ3v) is 5.13. The van der Waals surface area contributed by atoms with E-state index in [0.717, 1.165) is 29.6 Å². The number of nitrogens with one attached hydrogen (secondary N) is 2. The zero-order valence-corrected chi connectivity index (χ0v) is 17.8. The van der Waals surface area contributed by atoms with Crippen LogP contribution in [0.5, 0.6) is 11.5 Å². The molecule has 136 valence electrons. The number of methoxy groups -OCH3 is 1. The number of hydrogen-bond acceptors (Lipinski definition) is 4. The number of nitrogens with zero attached hydrogens (tertiary/aromatic N) is 1. The first-order valence-electron chi connectivity index (χ1n) is 8.12. The van der Waals surface area contributed by atoms with Gasteiger partial charge in [0, 0.05) is 25.4 Å². The smallest absolute Gasteiger partial charge is 0.191 e. The van der Waals surface area contributed by atoms with E-state index >= 15 is 0 Å². The molecule has 0 radical (unpaired) electrons. The van der Waals surface area contributed by atoms with E-state index in [1.165, 1.54) is 18.6 Å². The van der Waals surface area contributed by atoms with Crippen LogP contribution < -0.4 is 20.1 Å². The summed E-state index contributed by atoms with van der Waals surface area (Å²) in [5.41, 5.74) is 1.13. The molecule has 2 N–H and O–H groups in total. The van der Waals surface area contributed by atoms with Gasteiger partial charge < -0.3 is 20.1 Å². The summed E-state index contributed by atoms with van der Waals surface area (Å²) >= 11 is 2.05. The van der Waals surface area contributed by atoms with Gasteiger partial charge in [-0.15, -0.1) is 24.0 Å². The number of guanidine groups is 1. The Bertz CT molecular complexity index is 523. The molecule has 0 amide bonds. The molecular formula is C17H28IN3O2S. The summed E-state index contributed by atoms with van der Waals surface area (Å²) in [6, 6.07) is 5.98. The van der Waals surface area contributed by atoms with Crippen LogP contribution >= 0.6 is 35.7 Å². The average Bonchev–Trinajstić information content (AvgIpc) is 3.09. The van der Waals surface area contributed by atoms with E-state index in [1.807, 2.05) is 36.9 Å².